The maximum atomic E-state index is 11.6. The number of phenolic OH excluding ortho intramolecular Hbond substituents is 1. The van der Waals surface area contributed by atoms with E-state index in [2.05, 4.69) is 0 Å². The SMILES string of the molecule is Cc1cc(S(C)(=O)=O)c(C2(O)CC2)cc1O. The smallest absolute Gasteiger partial charge is 0.175 e. The molecule has 2 N–H and O–H groups in total. The van der Waals surface area contributed by atoms with Crippen LogP contribution in [0.2, 0.25) is 0 Å². The highest BCUT2D eigenvalue weighted by molar-refractivity contribution is 7.90. The predicted molar refractivity (Wildman–Crippen MR) is 59.1 cm³/mol. The van der Waals surface area contributed by atoms with E-state index < -0.39 is 15.4 Å². The van der Waals surface area contributed by atoms with Gasteiger partial charge in [0.2, 0.25) is 0 Å². The predicted octanol–water partition coefficient (Wildman–Crippen LogP) is 1.09. The second-order valence-electron chi connectivity index (χ2n) is 4.44. The molecule has 1 fully saturated rings. The minimum Gasteiger partial charge on any atom is -0.508 e. The van der Waals surface area contributed by atoms with Gasteiger partial charge in [-0.25, -0.2) is 8.42 Å². The third kappa shape index (κ3) is 1.81. The highest BCUT2D eigenvalue weighted by Gasteiger charge is 2.45. The molecule has 0 radical (unpaired) electrons. The van der Waals surface area contributed by atoms with Gasteiger partial charge in [0, 0.05) is 11.8 Å². The van der Waals surface area contributed by atoms with Gasteiger partial charge in [-0.15, -0.1) is 0 Å². The van der Waals surface area contributed by atoms with E-state index in [9.17, 15) is 18.6 Å². The van der Waals surface area contributed by atoms with Crippen molar-refractivity contribution in [2.24, 2.45) is 0 Å². The molecule has 0 saturated heterocycles. The van der Waals surface area contributed by atoms with Gasteiger partial charge in [-0.2, -0.15) is 0 Å². The lowest BCUT2D eigenvalue weighted by molar-refractivity contribution is 0.148. The van der Waals surface area contributed by atoms with E-state index in [1.54, 1.807) is 6.92 Å². The molecule has 0 atom stereocenters. The van der Waals surface area contributed by atoms with Crippen LogP contribution in [0.3, 0.4) is 0 Å². The van der Waals surface area contributed by atoms with Crippen molar-refractivity contribution in [3.63, 3.8) is 0 Å². The third-order valence-corrected chi connectivity index (χ3v) is 4.06. The van der Waals surface area contributed by atoms with Gasteiger partial charge in [-0.05, 0) is 37.5 Å². The molecular weight excluding hydrogens is 228 g/mol. The highest BCUT2D eigenvalue weighted by Crippen LogP contribution is 2.48. The molecule has 0 aromatic heterocycles. The molecule has 16 heavy (non-hydrogen) atoms. The largest absolute Gasteiger partial charge is 0.508 e. The first kappa shape index (κ1) is 11.4. The second kappa shape index (κ2) is 3.21. The molecule has 1 aromatic rings. The molecule has 1 aliphatic carbocycles. The first-order chi connectivity index (χ1) is 7.24. The molecule has 0 unspecified atom stereocenters. The fraction of sp³-hybridized carbons (Fsp3) is 0.455. The van der Waals surface area contributed by atoms with Crippen LogP contribution in [0.5, 0.6) is 5.75 Å². The van der Waals surface area contributed by atoms with Gasteiger partial charge in [0.1, 0.15) is 5.75 Å². The molecule has 1 saturated carbocycles. The van der Waals surface area contributed by atoms with Crippen molar-refractivity contribution >= 4 is 9.84 Å². The first-order valence-corrected chi connectivity index (χ1v) is 6.90. The molecule has 1 aliphatic rings. The van der Waals surface area contributed by atoms with Crippen molar-refractivity contribution in [3.05, 3.63) is 23.3 Å². The summed E-state index contributed by atoms with van der Waals surface area (Å²) in [5, 5.41) is 19.6. The van der Waals surface area contributed by atoms with Crippen molar-refractivity contribution in [3.8, 4) is 5.75 Å². The molecular formula is C11H14O4S. The quantitative estimate of drug-likeness (QED) is 0.814. The summed E-state index contributed by atoms with van der Waals surface area (Å²) in [6.45, 7) is 1.63. The first-order valence-electron chi connectivity index (χ1n) is 5.00. The Morgan fingerprint density at radius 2 is 1.88 bits per heavy atom. The molecule has 0 bridgehead atoms. The maximum absolute atomic E-state index is 11.6. The van der Waals surface area contributed by atoms with Crippen molar-refractivity contribution in [1.82, 2.24) is 0 Å². The number of aliphatic hydroxyl groups is 1. The van der Waals surface area contributed by atoms with Crippen LogP contribution in [-0.4, -0.2) is 24.9 Å². The van der Waals surface area contributed by atoms with Crippen LogP contribution in [0.15, 0.2) is 17.0 Å². The molecule has 0 heterocycles. The van der Waals surface area contributed by atoms with Gasteiger partial charge in [0.05, 0.1) is 10.5 Å². The summed E-state index contributed by atoms with van der Waals surface area (Å²) in [6, 6.07) is 2.77. The summed E-state index contributed by atoms with van der Waals surface area (Å²) in [5.41, 5.74) is -0.254. The summed E-state index contributed by atoms with van der Waals surface area (Å²) < 4.78 is 23.2. The van der Waals surface area contributed by atoms with Crippen LogP contribution in [0.25, 0.3) is 0 Å². The van der Waals surface area contributed by atoms with E-state index in [0.29, 0.717) is 24.0 Å². The molecule has 1 aromatic carbocycles. The van der Waals surface area contributed by atoms with Crippen LogP contribution in [0.1, 0.15) is 24.0 Å². The minimum atomic E-state index is -3.39. The number of aromatic hydroxyl groups is 1. The van der Waals surface area contributed by atoms with E-state index in [1.165, 1.54) is 12.1 Å². The molecule has 0 aliphatic heterocycles. The summed E-state index contributed by atoms with van der Waals surface area (Å²) in [4.78, 5) is 0.114. The Balaban J connectivity index is 2.71. The van der Waals surface area contributed by atoms with Crippen LogP contribution in [-0.2, 0) is 15.4 Å². The van der Waals surface area contributed by atoms with Gasteiger partial charge in [0.15, 0.2) is 9.84 Å². The number of sulfone groups is 1. The zero-order valence-electron chi connectivity index (χ0n) is 9.19. The molecule has 4 nitrogen and oxygen atoms in total. The Morgan fingerprint density at radius 1 is 1.31 bits per heavy atom. The minimum absolute atomic E-state index is 0.0164. The summed E-state index contributed by atoms with van der Waals surface area (Å²) >= 11 is 0. The molecule has 88 valence electrons. The Labute approximate surface area is 94.5 Å². The monoisotopic (exact) mass is 242 g/mol. The van der Waals surface area contributed by atoms with E-state index in [4.69, 9.17) is 0 Å². The lowest BCUT2D eigenvalue weighted by atomic mass is 10.0. The van der Waals surface area contributed by atoms with Gasteiger partial charge in [-0.3, -0.25) is 0 Å². The van der Waals surface area contributed by atoms with Crippen LogP contribution in [0, 0.1) is 6.92 Å². The lowest BCUT2D eigenvalue weighted by Crippen LogP contribution is -2.12. The average Bonchev–Trinajstić information content (AvgIpc) is 2.87. The Bertz CT molecular complexity index is 541. The van der Waals surface area contributed by atoms with E-state index in [1.807, 2.05) is 0 Å². The summed E-state index contributed by atoms with van der Waals surface area (Å²) in [7, 11) is -3.39. The van der Waals surface area contributed by atoms with Gasteiger partial charge in [-0.1, -0.05) is 0 Å². The number of rotatable bonds is 2. The Morgan fingerprint density at radius 3 is 2.31 bits per heavy atom. The lowest BCUT2D eigenvalue weighted by Gasteiger charge is -2.14. The topological polar surface area (TPSA) is 74.6 Å². The Hall–Kier alpha value is -1.07. The molecule has 5 heteroatoms. The summed E-state index contributed by atoms with van der Waals surface area (Å²) in [6.07, 6.45) is 2.18. The normalized spacial score (nSPS) is 18.4. The van der Waals surface area contributed by atoms with E-state index >= 15 is 0 Å². The molecule has 0 amide bonds. The van der Waals surface area contributed by atoms with Gasteiger partial charge in [0.25, 0.3) is 0 Å². The Kier molecular flexibility index (Phi) is 2.29. The summed E-state index contributed by atoms with van der Waals surface area (Å²) in [5.74, 6) is 0.0164. The second-order valence-corrected chi connectivity index (χ2v) is 6.42. The maximum Gasteiger partial charge on any atom is 0.175 e. The number of hydrogen-bond donors (Lipinski definition) is 2. The third-order valence-electron chi connectivity index (χ3n) is 2.92. The fourth-order valence-electron chi connectivity index (χ4n) is 1.73. The molecule has 0 spiro atoms. The average molecular weight is 242 g/mol. The van der Waals surface area contributed by atoms with E-state index in [0.717, 1.165) is 6.26 Å². The van der Waals surface area contributed by atoms with Gasteiger partial charge < -0.3 is 10.2 Å². The van der Waals surface area contributed by atoms with Crippen molar-refractivity contribution in [2.45, 2.75) is 30.3 Å². The molecule has 2 rings (SSSR count). The zero-order valence-corrected chi connectivity index (χ0v) is 10.0. The zero-order chi connectivity index (χ0) is 12.1. The van der Waals surface area contributed by atoms with Crippen molar-refractivity contribution < 1.29 is 18.6 Å². The number of hydrogen-bond acceptors (Lipinski definition) is 4. The van der Waals surface area contributed by atoms with Crippen molar-refractivity contribution in [2.75, 3.05) is 6.26 Å². The number of benzene rings is 1. The van der Waals surface area contributed by atoms with Crippen molar-refractivity contribution in [1.29, 1.82) is 0 Å². The number of aryl methyl sites for hydroxylation is 1. The van der Waals surface area contributed by atoms with Crippen LogP contribution in [0.4, 0.5) is 0 Å². The van der Waals surface area contributed by atoms with E-state index in [-0.39, 0.29) is 10.6 Å². The fourth-order valence-corrected chi connectivity index (χ4v) is 2.77. The van der Waals surface area contributed by atoms with Gasteiger partial charge >= 0.3 is 0 Å². The highest BCUT2D eigenvalue weighted by atomic mass is 32.2. The van der Waals surface area contributed by atoms with Crippen LogP contribution < -0.4 is 0 Å². The number of phenols is 1. The standard InChI is InChI=1S/C11H14O4S/c1-7-5-10(16(2,14)15)8(6-9(7)12)11(13)3-4-11/h5-6,12-13H,3-4H2,1-2H3. The van der Waals surface area contributed by atoms with Crippen LogP contribution >= 0.6 is 0 Å².